The Kier molecular flexibility index (Phi) is 6.05. The zero-order valence-electron chi connectivity index (χ0n) is 17.2. The van der Waals surface area contributed by atoms with Crippen LogP contribution in [0.2, 0.25) is 5.02 Å². The van der Waals surface area contributed by atoms with E-state index in [0.29, 0.717) is 29.7 Å². The Labute approximate surface area is 189 Å². The van der Waals surface area contributed by atoms with E-state index in [9.17, 15) is 14.0 Å². The summed E-state index contributed by atoms with van der Waals surface area (Å²) in [5.41, 5.74) is 7.21. The van der Waals surface area contributed by atoms with Gasteiger partial charge in [0.1, 0.15) is 11.6 Å². The summed E-state index contributed by atoms with van der Waals surface area (Å²) in [6.07, 6.45) is 2.22. The number of halogens is 2. The van der Waals surface area contributed by atoms with Crippen molar-refractivity contribution in [3.63, 3.8) is 0 Å². The van der Waals surface area contributed by atoms with Crippen LogP contribution in [0.3, 0.4) is 0 Å². The molecule has 2 aromatic carbocycles. The number of carbonyl (C=O) groups excluding carboxylic acids is 2. The molecule has 2 atom stereocenters. The minimum atomic E-state index is -1.24. The minimum absolute atomic E-state index is 0.202. The summed E-state index contributed by atoms with van der Waals surface area (Å²) in [4.78, 5) is 27.9. The van der Waals surface area contributed by atoms with Crippen molar-refractivity contribution in [2.24, 2.45) is 5.73 Å². The number of para-hydroxylation sites is 1. The molecule has 1 unspecified atom stereocenters. The lowest BCUT2D eigenvalue weighted by atomic mass is 10.00. The monoisotopic (exact) mass is 454 g/mol. The van der Waals surface area contributed by atoms with Crippen molar-refractivity contribution in [3.8, 4) is 5.75 Å². The van der Waals surface area contributed by atoms with Gasteiger partial charge in [-0.05, 0) is 60.4 Å². The van der Waals surface area contributed by atoms with Crippen LogP contribution >= 0.6 is 11.6 Å². The summed E-state index contributed by atoms with van der Waals surface area (Å²) in [5, 5.41) is 8.06. The number of methoxy groups -OCH3 is 1. The van der Waals surface area contributed by atoms with E-state index in [4.69, 9.17) is 22.1 Å². The van der Waals surface area contributed by atoms with Gasteiger partial charge < -0.3 is 15.4 Å². The molecule has 4 rings (SSSR count). The number of aromatic nitrogens is 2. The lowest BCUT2D eigenvalue weighted by Crippen LogP contribution is -2.44. The first kappa shape index (κ1) is 21.7. The van der Waals surface area contributed by atoms with Crippen LogP contribution in [0.15, 0.2) is 54.7 Å². The molecule has 0 saturated carbocycles. The molecule has 0 bridgehead atoms. The maximum absolute atomic E-state index is 14.6. The predicted molar refractivity (Wildman–Crippen MR) is 116 cm³/mol. The lowest BCUT2D eigenvalue weighted by molar-refractivity contribution is -0.123. The third-order valence-electron chi connectivity index (χ3n) is 5.55. The average molecular weight is 455 g/mol. The number of fused-ring (bicyclic) bond motifs is 1. The van der Waals surface area contributed by atoms with Gasteiger partial charge in [-0.1, -0.05) is 23.7 Å². The molecule has 0 spiro atoms. The SMILES string of the molecule is COc1ccccc1C(=O)N(C(C(N)=O)c1cccnn1)[C@@H]1CCc2c(F)cc(Cl)cc21. The van der Waals surface area contributed by atoms with E-state index in [2.05, 4.69) is 10.2 Å². The fourth-order valence-electron chi connectivity index (χ4n) is 4.19. The maximum atomic E-state index is 14.6. The summed E-state index contributed by atoms with van der Waals surface area (Å²) >= 11 is 6.12. The van der Waals surface area contributed by atoms with Gasteiger partial charge in [0.15, 0.2) is 6.04 Å². The van der Waals surface area contributed by atoms with Gasteiger partial charge in [0.2, 0.25) is 5.91 Å². The highest BCUT2D eigenvalue weighted by molar-refractivity contribution is 6.30. The second-order valence-electron chi connectivity index (χ2n) is 7.38. The Hall–Kier alpha value is -3.52. The second-order valence-corrected chi connectivity index (χ2v) is 7.81. The number of rotatable bonds is 6. The number of carbonyl (C=O) groups is 2. The molecule has 2 N–H and O–H groups in total. The van der Waals surface area contributed by atoms with Crippen molar-refractivity contribution in [2.75, 3.05) is 7.11 Å². The second kappa shape index (κ2) is 8.92. The molecule has 164 valence electrons. The topological polar surface area (TPSA) is 98.4 Å². The molecule has 1 aromatic heterocycles. The molecule has 1 aliphatic carbocycles. The first-order valence-electron chi connectivity index (χ1n) is 9.92. The number of hydrogen-bond acceptors (Lipinski definition) is 5. The van der Waals surface area contributed by atoms with Gasteiger partial charge in [-0.25, -0.2) is 4.39 Å². The van der Waals surface area contributed by atoms with E-state index in [-0.39, 0.29) is 16.3 Å². The molecule has 32 heavy (non-hydrogen) atoms. The molecule has 0 saturated heterocycles. The quantitative estimate of drug-likeness (QED) is 0.613. The van der Waals surface area contributed by atoms with Crippen molar-refractivity contribution in [2.45, 2.75) is 24.9 Å². The highest BCUT2D eigenvalue weighted by Gasteiger charge is 2.41. The van der Waals surface area contributed by atoms with Gasteiger partial charge in [-0.15, -0.1) is 0 Å². The van der Waals surface area contributed by atoms with Crippen LogP contribution in [0.5, 0.6) is 5.75 Å². The van der Waals surface area contributed by atoms with E-state index >= 15 is 0 Å². The lowest BCUT2D eigenvalue weighted by Gasteiger charge is -2.35. The third kappa shape index (κ3) is 3.89. The van der Waals surface area contributed by atoms with Gasteiger partial charge in [0, 0.05) is 11.2 Å². The zero-order chi connectivity index (χ0) is 22.8. The van der Waals surface area contributed by atoms with Gasteiger partial charge >= 0.3 is 0 Å². The summed E-state index contributed by atoms with van der Waals surface area (Å²) in [6, 6.07) is 10.8. The summed E-state index contributed by atoms with van der Waals surface area (Å²) < 4.78 is 20.0. The minimum Gasteiger partial charge on any atom is -0.496 e. The van der Waals surface area contributed by atoms with Crippen molar-refractivity contribution >= 4 is 23.4 Å². The Morgan fingerprint density at radius 2 is 2.03 bits per heavy atom. The smallest absolute Gasteiger partial charge is 0.259 e. The van der Waals surface area contributed by atoms with E-state index in [1.54, 1.807) is 42.5 Å². The standard InChI is InChI=1S/C23H20ClFN4O3/c1-32-20-7-3-2-5-15(20)23(31)29(21(22(26)30)18-6-4-10-27-28-18)19-9-8-14-16(19)11-13(24)12-17(14)25/h2-7,10-12,19,21H,8-9H2,1H3,(H2,26,30)/t19-,21?/m1/s1. The molecule has 7 nitrogen and oxygen atoms in total. The van der Waals surface area contributed by atoms with E-state index in [1.807, 2.05) is 0 Å². The molecule has 1 aliphatic rings. The Morgan fingerprint density at radius 1 is 1.25 bits per heavy atom. The first-order valence-corrected chi connectivity index (χ1v) is 10.3. The predicted octanol–water partition coefficient (Wildman–Crippen LogP) is 3.63. The fraction of sp³-hybridized carbons (Fsp3) is 0.217. The normalized spacial score (nSPS) is 15.7. The molecule has 3 aromatic rings. The molecule has 0 radical (unpaired) electrons. The van der Waals surface area contributed by atoms with Crippen LogP contribution in [-0.2, 0) is 11.2 Å². The van der Waals surface area contributed by atoms with Crippen LogP contribution in [0.4, 0.5) is 4.39 Å². The van der Waals surface area contributed by atoms with Crippen molar-refractivity contribution in [3.05, 3.63) is 88.0 Å². The largest absolute Gasteiger partial charge is 0.496 e. The number of ether oxygens (including phenoxy) is 1. The van der Waals surface area contributed by atoms with E-state index in [0.717, 1.165) is 0 Å². The zero-order valence-corrected chi connectivity index (χ0v) is 17.9. The number of amides is 2. The third-order valence-corrected chi connectivity index (χ3v) is 5.77. The van der Waals surface area contributed by atoms with Crippen LogP contribution in [0.1, 0.15) is 45.7 Å². The molecule has 9 heteroatoms. The maximum Gasteiger partial charge on any atom is 0.259 e. The molecular formula is C23H20ClFN4O3. The van der Waals surface area contributed by atoms with Gasteiger partial charge in [0.25, 0.3) is 5.91 Å². The number of hydrogen-bond donors (Lipinski definition) is 1. The Balaban J connectivity index is 1.91. The molecule has 1 heterocycles. The number of nitrogens with zero attached hydrogens (tertiary/aromatic N) is 3. The highest BCUT2D eigenvalue weighted by atomic mass is 35.5. The molecule has 0 fully saturated rings. The average Bonchev–Trinajstić information content (AvgIpc) is 3.20. The van der Waals surface area contributed by atoms with E-state index in [1.165, 1.54) is 24.3 Å². The van der Waals surface area contributed by atoms with Crippen molar-refractivity contribution in [1.82, 2.24) is 15.1 Å². The fourth-order valence-corrected chi connectivity index (χ4v) is 4.41. The first-order chi connectivity index (χ1) is 15.4. The van der Waals surface area contributed by atoms with Gasteiger partial charge in [-0.3, -0.25) is 9.59 Å². The molecule has 0 aliphatic heterocycles. The van der Waals surface area contributed by atoms with Crippen molar-refractivity contribution in [1.29, 1.82) is 0 Å². The van der Waals surface area contributed by atoms with E-state index < -0.39 is 29.7 Å². The van der Waals surface area contributed by atoms with Crippen LogP contribution in [0, 0.1) is 5.82 Å². The Bertz CT molecular complexity index is 1180. The number of primary amides is 1. The molecular weight excluding hydrogens is 435 g/mol. The highest BCUT2D eigenvalue weighted by Crippen LogP contribution is 2.43. The van der Waals surface area contributed by atoms with Crippen LogP contribution < -0.4 is 10.5 Å². The number of nitrogens with two attached hydrogens (primary N) is 1. The summed E-state index contributed by atoms with van der Waals surface area (Å²) in [5.74, 6) is -1.41. The Morgan fingerprint density at radius 3 is 2.72 bits per heavy atom. The number of benzene rings is 2. The van der Waals surface area contributed by atoms with Crippen LogP contribution in [0.25, 0.3) is 0 Å². The molecule has 2 amide bonds. The van der Waals surface area contributed by atoms with Crippen molar-refractivity contribution < 1.29 is 18.7 Å². The van der Waals surface area contributed by atoms with Crippen LogP contribution in [-0.4, -0.2) is 34.0 Å². The van der Waals surface area contributed by atoms with Gasteiger partial charge in [0.05, 0.1) is 24.4 Å². The summed E-state index contributed by atoms with van der Waals surface area (Å²) in [7, 11) is 1.45. The van der Waals surface area contributed by atoms with Gasteiger partial charge in [-0.2, -0.15) is 10.2 Å². The summed E-state index contributed by atoms with van der Waals surface area (Å²) in [6.45, 7) is 0.